The van der Waals surface area contributed by atoms with E-state index in [1.54, 1.807) is 6.20 Å². The number of ether oxygens (including phenoxy) is 1. The summed E-state index contributed by atoms with van der Waals surface area (Å²) in [6, 6.07) is 10.4. The van der Waals surface area contributed by atoms with Crippen LogP contribution in [0.1, 0.15) is 32.1 Å². The molecule has 1 fully saturated rings. The van der Waals surface area contributed by atoms with Gasteiger partial charge in [0, 0.05) is 36.1 Å². The summed E-state index contributed by atoms with van der Waals surface area (Å²) in [5.41, 5.74) is 6.97. The van der Waals surface area contributed by atoms with Crippen molar-refractivity contribution in [2.24, 2.45) is 5.73 Å². The number of nitrogens with two attached hydrogens (primary N) is 1. The quantitative estimate of drug-likeness (QED) is 0.515. The van der Waals surface area contributed by atoms with Gasteiger partial charge in [-0.15, -0.1) is 0 Å². The zero-order valence-corrected chi connectivity index (χ0v) is 18.5. The highest BCUT2D eigenvalue weighted by Crippen LogP contribution is 2.29. The summed E-state index contributed by atoms with van der Waals surface area (Å²) >= 11 is 0. The molecular formula is C22H29N5O3S. The maximum Gasteiger partial charge on any atom is 0.224 e. The molecule has 9 heteroatoms. The van der Waals surface area contributed by atoms with E-state index in [4.69, 9.17) is 15.5 Å². The molecule has 31 heavy (non-hydrogen) atoms. The molecule has 3 aromatic rings. The number of hydrogen-bond acceptors (Lipinski definition) is 7. The van der Waals surface area contributed by atoms with Gasteiger partial charge in [0.15, 0.2) is 0 Å². The van der Waals surface area contributed by atoms with Crippen LogP contribution in [-0.2, 0) is 9.84 Å². The number of nitrogens with zero attached hydrogens (tertiary/aromatic N) is 3. The molecule has 0 saturated heterocycles. The lowest BCUT2D eigenvalue weighted by atomic mass is 9.92. The molecule has 4 rings (SSSR count). The first-order chi connectivity index (χ1) is 14.9. The van der Waals surface area contributed by atoms with Crippen LogP contribution in [0.4, 0.5) is 5.95 Å². The predicted molar refractivity (Wildman–Crippen MR) is 123 cm³/mol. The van der Waals surface area contributed by atoms with Gasteiger partial charge in [0.1, 0.15) is 21.4 Å². The maximum absolute atomic E-state index is 11.3. The summed E-state index contributed by atoms with van der Waals surface area (Å²) < 4.78 is 30.5. The van der Waals surface area contributed by atoms with Crippen LogP contribution in [-0.4, -0.2) is 53.7 Å². The van der Waals surface area contributed by atoms with Gasteiger partial charge in [-0.2, -0.15) is 4.98 Å². The van der Waals surface area contributed by atoms with E-state index < -0.39 is 9.84 Å². The summed E-state index contributed by atoms with van der Waals surface area (Å²) in [5, 5.41) is 4.40. The molecule has 0 radical (unpaired) electrons. The Hall–Kier alpha value is -2.65. The Kier molecular flexibility index (Phi) is 6.43. The van der Waals surface area contributed by atoms with Crippen molar-refractivity contribution in [2.75, 3.05) is 23.9 Å². The molecule has 1 aliphatic rings. The fourth-order valence-electron chi connectivity index (χ4n) is 3.97. The van der Waals surface area contributed by atoms with E-state index in [0.29, 0.717) is 31.1 Å². The van der Waals surface area contributed by atoms with E-state index in [1.165, 1.54) is 6.26 Å². The van der Waals surface area contributed by atoms with Crippen LogP contribution in [0.15, 0.2) is 42.7 Å². The maximum atomic E-state index is 11.3. The molecule has 2 aromatic heterocycles. The van der Waals surface area contributed by atoms with Gasteiger partial charge in [0.25, 0.3) is 0 Å². The van der Waals surface area contributed by atoms with Crippen LogP contribution in [0, 0.1) is 0 Å². The van der Waals surface area contributed by atoms with Crippen molar-refractivity contribution in [3.05, 3.63) is 42.7 Å². The second kappa shape index (κ2) is 9.23. The van der Waals surface area contributed by atoms with Crippen molar-refractivity contribution in [3.63, 3.8) is 0 Å². The molecule has 1 aliphatic carbocycles. The Balaban J connectivity index is 1.50. The first-order valence-electron chi connectivity index (χ1n) is 10.7. The number of hydrogen-bond donors (Lipinski definition) is 2. The van der Waals surface area contributed by atoms with Crippen LogP contribution in [0.3, 0.4) is 0 Å². The number of aromatic nitrogens is 3. The Morgan fingerprint density at radius 2 is 2.00 bits per heavy atom. The largest absolute Gasteiger partial charge is 0.493 e. The second-order valence-electron chi connectivity index (χ2n) is 8.20. The summed E-state index contributed by atoms with van der Waals surface area (Å²) in [7, 11) is -2.98. The van der Waals surface area contributed by atoms with Gasteiger partial charge in [-0.3, -0.25) is 0 Å². The topological polar surface area (TPSA) is 112 Å². The van der Waals surface area contributed by atoms with Gasteiger partial charge in [0.2, 0.25) is 5.95 Å². The Bertz CT molecular complexity index is 1140. The van der Waals surface area contributed by atoms with Crippen LogP contribution in [0.5, 0.6) is 5.75 Å². The molecule has 0 atom stereocenters. The Morgan fingerprint density at radius 3 is 2.77 bits per heavy atom. The molecule has 0 aliphatic heterocycles. The van der Waals surface area contributed by atoms with Crippen molar-refractivity contribution in [1.29, 1.82) is 0 Å². The third-order valence-corrected chi connectivity index (χ3v) is 6.63. The fraction of sp³-hybridized carbons (Fsp3) is 0.455. The third kappa shape index (κ3) is 5.54. The van der Waals surface area contributed by atoms with Crippen molar-refractivity contribution in [3.8, 4) is 11.6 Å². The highest BCUT2D eigenvalue weighted by Gasteiger charge is 2.19. The Labute approximate surface area is 182 Å². The molecule has 166 valence electrons. The minimum Gasteiger partial charge on any atom is -0.493 e. The summed E-state index contributed by atoms with van der Waals surface area (Å²) in [6.07, 6.45) is 9.52. The standard InChI is InChI=1S/C22H29N5O3S/c1-31(28,29)15-3-14-30-20-5-2-4-19-18(20)11-13-27(19)21-10-12-24-22(26-21)25-17-8-6-16(23)7-9-17/h2,4-5,10-13,16-17H,3,6-9,14-15,23H2,1H3,(H,24,25,26)/t16-,17-. The summed E-state index contributed by atoms with van der Waals surface area (Å²) in [4.78, 5) is 9.10. The van der Waals surface area contributed by atoms with Crippen LogP contribution >= 0.6 is 0 Å². The second-order valence-corrected chi connectivity index (χ2v) is 10.5. The smallest absolute Gasteiger partial charge is 0.224 e. The lowest BCUT2D eigenvalue weighted by Gasteiger charge is -2.26. The molecule has 0 unspecified atom stereocenters. The number of nitrogens with one attached hydrogen (secondary N) is 1. The van der Waals surface area contributed by atoms with Crippen molar-refractivity contribution in [1.82, 2.24) is 14.5 Å². The number of fused-ring (bicyclic) bond motifs is 1. The number of sulfone groups is 1. The number of rotatable bonds is 8. The summed E-state index contributed by atoms with van der Waals surface area (Å²) in [5.74, 6) is 2.24. The van der Waals surface area contributed by atoms with Crippen LogP contribution in [0.2, 0.25) is 0 Å². The van der Waals surface area contributed by atoms with Gasteiger partial charge >= 0.3 is 0 Å². The monoisotopic (exact) mass is 443 g/mol. The minimum atomic E-state index is -2.98. The lowest BCUT2D eigenvalue weighted by molar-refractivity contribution is 0.321. The van der Waals surface area contributed by atoms with E-state index in [1.807, 2.05) is 41.1 Å². The van der Waals surface area contributed by atoms with E-state index in [-0.39, 0.29) is 5.75 Å². The molecule has 0 amide bonds. The molecule has 0 bridgehead atoms. The Morgan fingerprint density at radius 1 is 1.19 bits per heavy atom. The zero-order chi connectivity index (χ0) is 21.8. The van der Waals surface area contributed by atoms with Gasteiger partial charge in [0.05, 0.1) is 17.9 Å². The van der Waals surface area contributed by atoms with Crippen LogP contribution < -0.4 is 15.8 Å². The van der Waals surface area contributed by atoms with E-state index >= 15 is 0 Å². The number of anilines is 1. The highest BCUT2D eigenvalue weighted by molar-refractivity contribution is 7.90. The molecule has 2 heterocycles. The van der Waals surface area contributed by atoms with Crippen molar-refractivity contribution >= 4 is 26.7 Å². The van der Waals surface area contributed by atoms with Gasteiger partial charge in [-0.05, 0) is 56.4 Å². The third-order valence-electron chi connectivity index (χ3n) is 5.60. The van der Waals surface area contributed by atoms with Crippen molar-refractivity contribution < 1.29 is 13.2 Å². The SMILES string of the molecule is CS(=O)(=O)CCCOc1cccc2c1ccn2-c1ccnc(N[C@H]2CC[C@H](N)CC2)n1. The van der Waals surface area contributed by atoms with Gasteiger partial charge in [-0.1, -0.05) is 6.07 Å². The lowest BCUT2D eigenvalue weighted by Crippen LogP contribution is -2.33. The van der Waals surface area contributed by atoms with Crippen molar-refractivity contribution in [2.45, 2.75) is 44.2 Å². The normalized spacial score (nSPS) is 19.4. The summed E-state index contributed by atoms with van der Waals surface area (Å²) in [6.45, 7) is 0.351. The van der Waals surface area contributed by atoms with Crippen LogP contribution in [0.25, 0.3) is 16.7 Å². The average molecular weight is 444 g/mol. The van der Waals surface area contributed by atoms with Gasteiger partial charge in [-0.25, -0.2) is 13.4 Å². The molecule has 1 saturated carbocycles. The first kappa shape index (κ1) is 21.6. The fourth-order valence-corrected chi connectivity index (χ4v) is 4.61. The number of benzene rings is 1. The predicted octanol–water partition coefficient (Wildman–Crippen LogP) is 2.92. The molecule has 1 aromatic carbocycles. The first-order valence-corrected chi connectivity index (χ1v) is 12.7. The van der Waals surface area contributed by atoms with E-state index in [2.05, 4.69) is 10.3 Å². The van der Waals surface area contributed by atoms with E-state index in [9.17, 15) is 8.42 Å². The zero-order valence-electron chi connectivity index (χ0n) is 17.7. The van der Waals surface area contributed by atoms with E-state index in [0.717, 1.165) is 48.2 Å². The molecular weight excluding hydrogens is 414 g/mol. The van der Waals surface area contributed by atoms with Gasteiger partial charge < -0.3 is 20.4 Å². The minimum absolute atomic E-state index is 0.119. The molecule has 8 nitrogen and oxygen atoms in total. The average Bonchev–Trinajstić information content (AvgIpc) is 3.17. The highest BCUT2D eigenvalue weighted by atomic mass is 32.2. The molecule has 3 N–H and O–H groups in total. The molecule has 0 spiro atoms.